The van der Waals surface area contributed by atoms with Crippen LogP contribution in [0.3, 0.4) is 0 Å². The third-order valence-electron chi connectivity index (χ3n) is 1.94. The smallest absolute Gasteiger partial charge is 0.186 e. The maximum absolute atomic E-state index is 6.00. The lowest BCUT2D eigenvalue weighted by atomic mass is 10.2. The summed E-state index contributed by atoms with van der Waals surface area (Å²) >= 11 is 17.8. The van der Waals surface area contributed by atoms with E-state index < -0.39 is 6.29 Å². The van der Waals surface area contributed by atoms with Gasteiger partial charge in [0.15, 0.2) is 6.29 Å². The lowest BCUT2D eigenvalue weighted by molar-refractivity contribution is -0.0439. The van der Waals surface area contributed by atoms with Crippen LogP contribution in [0.4, 0.5) is 0 Å². The summed E-state index contributed by atoms with van der Waals surface area (Å²) in [5.41, 5.74) is 0.610. The van der Waals surface area contributed by atoms with Crippen molar-refractivity contribution in [3.8, 4) is 0 Å². The van der Waals surface area contributed by atoms with Gasteiger partial charge in [-0.3, -0.25) is 0 Å². The van der Waals surface area contributed by atoms with Crippen molar-refractivity contribution >= 4 is 34.8 Å². The molecule has 0 amide bonds. The highest BCUT2D eigenvalue weighted by molar-refractivity contribution is 6.44. The van der Waals surface area contributed by atoms with Crippen molar-refractivity contribution in [3.63, 3.8) is 0 Å². The number of rotatable bonds is 1. The minimum Gasteiger partial charge on any atom is -0.346 e. The Morgan fingerprint density at radius 3 is 2.21 bits per heavy atom. The van der Waals surface area contributed by atoms with Crippen LogP contribution in [0.5, 0.6) is 0 Å². The number of hydrogen-bond acceptors (Lipinski definition) is 2. The molecule has 0 aliphatic carbocycles. The molecule has 1 aromatic carbocycles. The van der Waals surface area contributed by atoms with Gasteiger partial charge < -0.3 is 9.47 Å². The average molecular weight is 254 g/mol. The topological polar surface area (TPSA) is 18.5 Å². The van der Waals surface area contributed by atoms with Gasteiger partial charge in [0.25, 0.3) is 0 Å². The van der Waals surface area contributed by atoms with Gasteiger partial charge in [-0.1, -0.05) is 34.8 Å². The van der Waals surface area contributed by atoms with Crippen molar-refractivity contribution in [2.45, 2.75) is 6.29 Å². The van der Waals surface area contributed by atoms with Crippen molar-refractivity contribution in [1.29, 1.82) is 0 Å². The molecule has 14 heavy (non-hydrogen) atoms. The molecule has 1 aliphatic heterocycles. The van der Waals surface area contributed by atoms with E-state index in [9.17, 15) is 0 Å². The van der Waals surface area contributed by atoms with Gasteiger partial charge in [-0.25, -0.2) is 0 Å². The predicted octanol–water partition coefficient (Wildman–Crippen LogP) is 3.69. The molecule has 1 aliphatic rings. The minimum atomic E-state index is -0.492. The van der Waals surface area contributed by atoms with E-state index in [0.717, 1.165) is 0 Å². The van der Waals surface area contributed by atoms with Crippen molar-refractivity contribution in [3.05, 3.63) is 32.8 Å². The Morgan fingerprint density at radius 1 is 1.00 bits per heavy atom. The van der Waals surface area contributed by atoms with E-state index >= 15 is 0 Å². The first-order valence-corrected chi connectivity index (χ1v) is 5.20. The number of halogens is 3. The van der Waals surface area contributed by atoms with Crippen molar-refractivity contribution in [1.82, 2.24) is 0 Å². The molecule has 2 nitrogen and oxygen atoms in total. The highest BCUT2D eigenvalue weighted by Gasteiger charge is 2.24. The number of ether oxygens (including phenoxy) is 2. The molecule has 0 unspecified atom stereocenters. The third-order valence-corrected chi connectivity index (χ3v) is 3.09. The number of hydrogen-bond donors (Lipinski definition) is 0. The molecule has 1 fully saturated rings. The van der Waals surface area contributed by atoms with E-state index in [1.807, 2.05) is 0 Å². The largest absolute Gasteiger partial charge is 0.346 e. The molecule has 5 heteroatoms. The summed E-state index contributed by atoms with van der Waals surface area (Å²) < 4.78 is 10.6. The van der Waals surface area contributed by atoms with E-state index in [4.69, 9.17) is 44.3 Å². The Hall–Kier alpha value is 0.01000. The van der Waals surface area contributed by atoms with E-state index in [1.54, 1.807) is 12.1 Å². The lowest BCUT2D eigenvalue weighted by Crippen LogP contribution is -2.00. The Bertz CT molecular complexity index is 348. The summed E-state index contributed by atoms with van der Waals surface area (Å²) in [6.45, 7) is 1.09. The molecule has 0 atom stereocenters. The molecule has 0 bridgehead atoms. The van der Waals surface area contributed by atoms with Gasteiger partial charge in [-0.2, -0.15) is 0 Å². The van der Waals surface area contributed by atoms with E-state index in [1.165, 1.54) is 0 Å². The average Bonchev–Trinajstić information content (AvgIpc) is 2.65. The Labute approximate surface area is 96.7 Å². The second-order valence-electron chi connectivity index (χ2n) is 2.83. The summed E-state index contributed by atoms with van der Waals surface area (Å²) in [6.07, 6.45) is -0.492. The normalized spacial score (nSPS) is 17.6. The van der Waals surface area contributed by atoms with E-state index in [0.29, 0.717) is 33.8 Å². The molecule has 1 saturated heterocycles. The molecule has 0 radical (unpaired) electrons. The van der Waals surface area contributed by atoms with Gasteiger partial charge in [-0.05, 0) is 12.1 Å². The van der Waals surface area contributed by atoms with Crippen LogP contribution in [-0.2, 0) is 9.47 Å². The van der Waals surface area contributed by atoms with Crippen LogP contribution in [0.2, 0.25) is 15.1 Å². The van der Waals surface area contributed by atoms with Crippen LogP contribution < -0.4 is 0 Å². The van der Waals surface area contributed by atoms with Crippen LogP contribution in [0.1, 0.15) is 11.9 Å². The Kier molecular flexibility index (Phi) is 3.20. The maximum Gasteiger partial charge on any atom is 0.186 e. The standard InChI is InChI=1S/C9H7Cl3O2/c10-5-1-2-6(11)8(12)7(5)9-13-3-4-14-9/h1-2,9H,3-4H2. The molecule has 1 aromatic rings. The van der Waals surface area contributed by atoms with Crippen molar-refractivity contribution < 1.29 is 9.47 Å². The summed E-state index contributed by atoms with van der Waals surface area (Å²) in [6, 6.07) is 3.32. The van der Waals surface area contributed by atoms with Crippen molar-refractivity contribution in [2.75, 3.05) is 13.2 Å². The third kappa shape index (κ3) is 1.86. The van der Waals surface area contributed by atoms with Crippen molar-refractivity contribution in [2.24, 2.45) is 0 Å². The van der Waals surface area contributed by atoms with Gasteiger partial charge in [-0.15, -0.1) is 0 Å². The molecule has 0 spiro atoms. The van der Waals surface area contributed by atoms with Crippen LogP contribution in [-0.4, -0.2) is 13.2 Å². The summed E-state index contributed by atoms with van der Waals surface area (Å²) in [7, 11) is 0. The summed E-state index contributed by atoms with van der Waals surface area (Å²) in [5, 5.41) is 1.35. The summed E-state index contributed by atoms with van der Waals surface area (Å²) in [5.74, 6) is 0. The molecule has 0 N–H and O–H groups in total. The van der Waals surface area contributed by atoms with Crippen LogP contribution in [0, 0.1) is 0 Å². The van der Waals surface area contributed by atoms with Gasteiger partial charge in [0, 0.05) is 5.56 Å². The van der Waals surface area contributed by atoms with Crippen LogP contribution in [0.25, 0.3) is 0 Å². The quantitative estimate of drug-likeness (QED) is 0.711. The first-order valence-electron chi connectivity index (χ1n) is 4.07. The fourth-order valence-corrected chi connectivity index (χ4v) is 2.00. The Balaban J connectivity index is 2.44. The zero-order valence-corrected chi connectivity index (χ0v) is 9.36. The zero-order valence-electron chi connectivity index (χ0n) is 7.10. The highest BCUT2D eigenvalue weighted by Crippen LogP contribution is 2.38. The Morgan fingerprint density at radius 2 is 1.57 bits per heavy atom. The molecular weight excluding hydrogens is 246 g/mol. The first-order chi connectivity index (χ1) is 6.70. The van der Waals surface area contributed by atoms with Crippen LogP contribution in [0.15, 0.2) is 12.1 Å². The second kappa shape index (κ2) is 4.25. The summed E-state index contributed by atoms with van der Waals surface area (Å²) in [4.78, 5) is 0. The lowest BCUT2D eigenvalue weighted by Gasteiger charge is -2.13. The monoisotopic (exact) mass is 252 g/mol. The van der Waals surface area contributed by atoms with Gasteiger partial charge in [0.05, 0.1) is 28.3 Å². The first kappa shape index (κ1) is 10.5. The molecule has 76 valence electrons. The fourth-order valence-electron chi connectivity index (χ4n) is 1.28. The van der Waals surface area contributed by atoms with Gasteiger partial charge >= 0.3 is 0 Å². The maximum atomic E-state index is 6.00. The van der Waals surface area contributed by atoms with E-state index in [2.05, 4.69) is 0 Å². The molecule has 2 rings (SSSR count). The molecular formula is C9H7Cl3O2. The SMILES string of the molecule is Clc1ccc(Cl)c(C2OCCO2)c1Cl. The highest BCUT2D eigenvalue weighted by atomic mass is 35.5. The fraction of sp³-hybridized carbons (Fsp3) is 0.333. The second-order valence-corrected chi connectivity index (χ2v) is 4.02. The minimum absolute atomic E-state index is 0.395. The zero-order chi connectivity index (χ0) is 10.1. The molecule has 1 heterocycles. The predicted molar refractivity (Wildman–Crippen MR) is 56.1 cm³/mol. The number of benzene rings is 1. The van der Waals surface area contributed by atoms with Crippen LogP contribution >= 0.6 is 34.8 Å². The van der Waals surface area contributed by atoms with E-state index in [-0.39, 0.29) is 0 Å². The van der Waals surface area contributed by atoms with Gasteiger partial charge in [0.2, 0.25) is 0 Å². The molecule has 0 aromatic heterocycles. The van der Waals surface area contributed by atoms with Gasteiger partial charge in [0.1, 0.15) is 0 Å². The molecule has 0 saturated carbocycles.